The van der Waals surface area contributed by atoms with Crippen LogP contribution in [0.4, 0.5) is 4.39 Å². The molecular formula is C14H16FNS. The van der Waals surface area contributed by atoms with E-state index in [1.54, 1.807) is 23.5 Å². The number of benzene rings is 1. The first kappa shape index (κ1) is 12.3. The molecule has 2 rings (SSSR count). The van der Waals surface area contributed by atoms with Crippen molar-refractivity contribution >= 4 is 11.3 Å². The predicted octanol–water partition coefficient (Wildman–Crippen LogP) is 3.61. The van der Waals surface area contributed by atoms with Gasteiger partial charge < -0.3 is 5.73 Å². The van der Waals surface area contributed by atoms with E-state index in [-0.39, 0.29) is 5.82 Å². The Balaban J connectivity index is 2.22. The van der Waals surface area contributed by atoms with Crippen molar-refractivity contribution in [2.24, 2.45) is 5.73 Å². The molecule has 3 heteroatoms. The fourth-order valence-electron chi connectivity index (χ4n) is 1.92. The molecule has 0 spiro atoms. The van der Waals surface area contributed by atoms with E-state index in [4.69, 9.17) is 5.73 Å². The monoisotopic (exact) mass is 249 g/mol. The molecule has 0 aliphatic carbocycles. The molecule has 1 aromatic heterocycles. The van der Waals surface area contributed by atoms with Gasteiger partial charge in [0, 0.05) is 10.4 Å². The highest BCUT2D eigenvalue weighted by Gasteiger charge is 2.22. The smallest absolute Gasteiger partial charge is 0.123 e. The molecular weight excluding hydrogens is 233 g/mol. The Morgan fingerprint density at radius 2 is 2.12 bits per heavy atom. The van der Waals surface area contributed by atoms with Crippen LogP contribution in [0.3, 0.4) is 0 Å². The van der Waals surface area contributed by atoms with Gasteiger partial charge in [-0.15, -0.1) is 11.3 Å². The van der Waals surface area contributed by atoms with Crippen LogP contribution >= 0.6 is 11.3 Å². The Hall–Kier alpha value is -1.19. The maximum atomic E-state index is 13.1. The van der Waals surface area contributed by atoms with Crippen molar-refractivity contribution in [1.82, 2.24) is 0 Å². The molecule has 0 saturated heterocycles. The molecule has 1 heterocycles. The summed E-state index contributed by atoms with van der Waals surface area (Å²) in [5.41, 5.74) is 7.92. The molecule has 0 fully saturated rings. The number of nitrogens with two attached hydrogens (primary N) is 1. The largest absolute Gasteiger partial charge is 0.321 e. The van der Waals surface area contributed by atoms with Crippen LogP contribution < -0.4 is 5.73 Å². The van der Waals surface area contributed by atoms with Gasteiger partial charge in [0.1, 0.15) is 5.82 Å². The molecule has 1 aromatic carbocycles. The summed E-state index contributed by atoms with van der Waals surface area (Å²) in [6.07, 6.45) is 0.640. The van der Waals surface area contributed by atoms with Crippen molar-refractivity contribution in [1.29, 1.82) is 0 Å². The molecule has 2 N–H and O–H groups in total. The second-order valence-corrected chi connectivity index (χ2v) is 5.79. The van der Waals surface area contributed by atoms with E-state index in [9.17, 15) is 4.39 Å². The Morgan fingerprint density at radius 3 is 2.71 bits per heavy atom. The van der Waals surface area contributed by atoms with Crippen LogP contribution in [-0.2, 0) is 12.0 Å². The number of rotatable bonds is 3. The number of thiophene rings is 1. The van der Waals surface area contributed by atoms with E-state index in [1.165, 1.54) is 10.9 Å². The topological polar surface area (TPSA) is 26.0 Å². The first-order chi connectivity index (χ1) is 7.97. The third kappa shape index (κ3) is 2.93. The lowest BCUT2D eigenvalue weighted by molar-refractivity contribution is 0.491. The van der Waals surface area contributed by atoms with Gasteiger partial charge in [-0.2, -0.15) is 0 Å². The Bertz CT molecular complexity index is 516. The fraction of sp³-hybridized carbons (Fsp3) is 0.286. The van der Waals surface area contributed by atoms with Crippen molar-refractivity contribution in [2.75, 3.05) is 0 Å². The molecule has 0 radical (unpaired) electrons. The molecule has 2 aromatic rings. The van der Waals surface area contributed by atoms with Crippen LogP contribution in [-0.4, -0.2) is 0 Å². The minimum atomic E-state index is -0.446. The summed E-state index contributed by atoms with van der Waals surface area (Å²) in [6.45, 7) is 4.05. The van der Waals surface area contributed by atoms with Crippen molar-refractivity contribution in [3.63, 3.8) is 0 Å². The maximum Gasteiger partial charge on any atom is 0.123 e. The molecule has 17 heavy (non-hydrogen) atoms. The fourth-order valence-corrected chi connectivity index (χ4v) is 2.76. The highest BCUT2D eigenvalue weighted by atomic mass is 32.1. The summed E-state index contributed by atoms with van der Waals surface area (Å²) in [6, 6.07) is 8.73. The molecule has 1 unspecified atom stereocenters. The van der Waals surface area contributed by atoms with E-state index in [2.05, 4.69) is 18.4 Å². The lowest BCUT2D eigenvalue weighted by Gasteiger charge is -2.24. The van der Waals surface area contributed by atoms with Crippen LogP contribution in [0.1, 0.15) is 22.9 Å². The third-order valence-corrected chi connectivity index (χ3v) is 3.71. The van der Waals surface area contributed by atoms with Gasteiger partial charge in [-0.3, -0.25) is 0 Å². The van der Waals surface area contributed by atoms with Crippen LogP contribution in [0.25, 0.3) is 0 Å². The highest BCUT2D eigenvalue weighted by molar-refractivity contribution is 7.10. The lowest BCUT2D eigenvalue weighted by atomic mass is 9.88. The van der Waals surface area contributed by atoms with Crippen LogP contribution in [0.2, 0.25) is 0 Å². The van der Waals surface area contributed by atoms with E-state index in [0.29, 0.717) is 6.42 Å². The number of halogens is 1. The summed E-state index contributed by atoms with van der Waals surface area (Å²) in [5, 5.41) is 2.08. The zero-order chi connectivity index (χ0) is 12.5. The molecule has 0 aliphatic heterocycles. The van der Waals surface area contributed by atoms with Gasteiger partial charge in [-0.1, -0.05) is 12.1 Å². The Morgan fingerprint density at radius 1 is 1.35 bits per heavy atom. The predicted molar refractivity (Wildman–Crippen MR) is 70.7 cm³/mol. The molecule has 1 atom stereocenters. The summed E-state index contributed by atoms with van der Waals surface area (Å²) >= 11 is 1.69. The first-order valence-corrected chi connectivity index (χ1v) is 6.44. The molecule has 0 bridgehead atoms. The van der Waals surface area contributed by atoms with Crippen LogP contribution in [0.5, 0.6) is 0 Å². The normalized spacial score (nSPS) is 14.6. The van der Waals surface area contributed by atoms with Gasteiger partial charge in [-0.05, 0) is 55.0 Å². The number of aryl methyl sites for hydroxylation is 1. The lowest BCUT2D eigenvalue weighted by Crippen LogP contribution is -2.35. The van der Waals surface area contributed by atoms with Crippen molar-refractivity contribution < 1.29 is 4.39 Å². The highest BCUT2D eigenvalue weighted by Crippen LogP contribution is 2.27. The van der Waals surface area contributed by atoms with E-state index in [1.807, 2.05) is 13.0 Å². The molecule has 1 nitrogen and oxygen atoms in total. The van der Waals surface area contributed by atoms with E-state index in [0.717, 1.165) is 11.1 Å². The second-order valence-electron chi connectivity index (χ2n) is 4.67. The zero-order valence-corrected chi connectivity index (χ0v) is 10.9. The van der Waals surface area contributed by atoms with Gasteiger partial charge in [0.15, 0.2) is 0 Å². The minimum Gasteiger partial charge on any atom is -0.321 e. The van der Waals surface area contributed by atoms with Crippen molar-refractivity contribution in [3.8, 4) is 0 Å². The molecule has 0 aliphatic rings. The van der Waals surface area contributed by atoms with Crippen LogP contribution in [0, 0.1) is 12.7 Å². The van der Waals surface area contributed by atoms with Crippen molar-refractivity contribution in [2.45, 2.75) is 25.8 Å². The molecule has 0 amide bonds. The molecule has 90 valence electrons. The Kier molecular flexibility index (Phi) is 3.31. The van der Waals surface area contributed by atoms with E-state index < -0.39 is 5.54 Å². The first-order valence-electron chi connectivity index (χ1n) is 5.56. The SMILES string of the molecule is Cc1cc(C(C)(N)Cc2cccc(F)c2)cs1. The summed E-state index contributed by atoms with van der Waals surface area (Å²) in [7, 11) is 0. The van der Waals surface area contributed by atoms with Gasteiger partial charge in [0.2, 0.25) is 0 Å². The average Bonchev–Trinajstić information content (AvgIpc) is 2.65. The van der Waals surface area contributed by atoms with Gasteiger partial charge >= 0.3 is 0 Å². The summed E-state index contributed by atoms with van der Waals surface area (Å²) in [5.74, 6) is -0.209. The van der Waals surface area contributed by atoms with Gasteiger partial charge in [0.05, 0.1) is 0 Å². The van der Waals surface area contributed by atoms with Gasteiger partial charge in [-0.25, -0.2) is 4.39 Å². The third-order valence-electron chi connectivity index (χ3n) is 2.85. The summed E-state index contributed by atoms with van der Waals surface area (Å²) in [4.78, 5) is 1.25. The standard InChI is InChI=1S/C14H16FNS/c1-10-6-12(9-17-10)14(2,16)8-11-4-3-5-13(15)7-11/h3-7,9H,8,16H2,1-2H3. The number of hydrogen-bond acceptors (Lipinski definition) is 2. The summed E-state index contributed by atoms with van der Waals surface area (Å²) < 4.78 is 13.1. The average molecular weight is 249 g/mol. The molecule has 0 saturated carbocycles. The quantitative estimate of drug-likeness (QED) is 0.883. The van der Waals surface area contributed by atoms with Crippen molar-refractivity contribution in [3.05, 3.63) is 57.5 Å². The maximum absolute atomic E-state index is 13.1. The minimum absolute atomic E-state index is 0.209. The second kappa shape index (κ2) is 4.59. The Labute approximate surface area is 105 Å². The van der Waals surface area contributed by atoms with E-state index >= 15 is 0 Å². The van der Waals surface area contributed by atoms with Crippen LogP contribution in [0.15, 0.2) is 35.7 Å². The van der Waals surface area contributed by atoms with Gasteiger partial charge in [0.25, 0.3) is 0 Å². The number of hydrogen-bond donors (Lipinski definition) is 1. The zero-order valence-electron chi connectivity index (χ0n) is 10.0.